The average Bonchev–Trinajstić information content (AvgIpc) is 2.82. The standard InChI is InChI=1S/C26H23F4NO2S/c27-18-4-7-20-23(14-18)34-22-8-3-17(26(28,29)30)13-21(22)24(20)15-9-11-31(12-10-15)25(33)16-1-5-19(32)6-2-16/h3-4,7-8,13-14,16H,1-2,5-6,9-12H2. The number of Topliss-reactive ketones (excluding diaryl/α,β-unsaturated/α-hetero) is 1. The van der Waals surface area contributed by atoms with Crippen LogP contribution in [0, 0.1) is 11.7 Å². The maximum Gasteiger partial charge on any atom is 0.416 e. The molecule has 2 fully saturated rings. The van der Waals surface area contributed by atoms with E-state index in [9.17, 15) is 27.2 Å². The minimum Gasteiger partial charge on any atom is -0.342 e. The van der Waals surface area contributed by atoms with E-state index in [1.165, 1.54) is 36.0 Å². The summed E-state index contributed by atoms with van der Waals surface area (Å²) in [7, 11) is 0. The van der Waals surface area contributed by atoms with Crippen molar-refractivity contribution in [2.75, 3.05) is 13.1 Å². The fourth-order valence-corrected chi connectivity index (χ4v) is 6.21. The largest absolute Gasteiger partial charge is 0.416 e. The van der Waals surface area contributed by atoms with Crippen molar-refractivity contribution in [1.82, 2.24) is 4.90 Å². The van der Waals surface area contributed by atoms with Crippen LogP contribution in [0.2, 0.25) is 0 Å². The summed E-state index contributed by atoms with van der Waals surface area (Å²) in [5.74, 6) is -0.246. The predicted molar refractivity (Wildman–Crippen MR) is 121 cm³/mol. The highest BCUT2D eigenvalue weighted by Gasteiger charge is 2.35. The fourth-order valence-electron chi connectivity index (χ4n) is 5.11. The molecule has 0 N–H and O–H groups in total. The molecule has 5 rings (SSSR count). The summed E-state index contributed by atoms with van der Waals surface area (Å²) < 4.78 is 54.4. The van der Waals surface area contributed by atoms with Crippen LogP contribution in [0.3, 0.4) is 0 Å². The van der Waals surface area contributed by atoms with Gasteiger partial charge in [0.15, 0.2) is 0 Å². The van der Waals surface area contributed by atoms with E-state index in [2.05, 4.69) is 0 Å². The van der Waals surface area contributed by atoms with Gasteiger partial charge in [-0.2, -0.15) is 13.2 Å². The number of carbonyl (C=O) groups excluding carboxylic acids is 2. The van der Waals surface area contributed by atoms with E-state index in [-0.39, 0.29) is 17.6 Å². The number of piperidine rings is 1. The highest BCUT2D eigenvalue weighted by atomic mass is 32.2. The van der Waals surface area contributed by atoms with Gasteiger partial charge < -0.3 is 4.90 Å². The minimum atomic E-state index is -4.46. The summed E-state index contributed by atoms with van der Waals surface area (Å²) in [5, 5.41) is 0. The molecule has 1 saturated heterocycles. The van der Waals surface area contributed by atoms with Crippen LogP contribution in [0.4, 0.5) is 17.6 Å². The van der Waals surface area contributed by atoms with E-state index in [1.54, 1.807) is 6.07 Å². The first kappa shape index (κ1) is 23.1. The Balaban J connectivity index is 1.47. The SMILES string of the molecule is O=C1CCC(C(=O)N2CCC(=C3c4ccc(F)cc4Sc4ccc(C(F)(F)F)cc43)CC2)CC1. The van der Waals surface area contributed by atoms with Crippen molar-refractivity contribution in [3.8, 4) is 0 Å². The molecule has 178 valence electrons. The zero-order valence-electron chi connectivity index (χ0n) is 18.4. The Morgan fingerprint density at radius 2 is 1.62 bits per heavy atom. The molecule has 2 aliphatic heterocycles. The van der Waals surface area contributed by atoms with Gasteiger partial charge in [-0.1, -0.05) is 23.4 Å². The quantitative estimate of drug-likeness (QED) is 0.367. The van der Waals surface area contributed by atoms with Crippen LogP contribution in [0.1, 0.15) is 55.2 Å². The van der Waals surface area contributed by atoms with Gasteiger partial charge in [-0.05, 0) is 72.7 Å². The van der Waals surface area contributed by atoms with E-state index in [4.69, 9.17) is 0 Å². The number of hydrogen-bond acceptors (Lipinski definition) is 3. The molecule has 3 aliphatic rings. The maximum absolute atomic E-state index is 14.0. The monoisotopic (exact) mass is 489 g/mol. The third-order valence-corrected chi connectivity index (χ3v) is 8.07. The molecule has 1 aliphatic carbocycles. The van der Waals surface area contributed by atoms with Gasteiger partial charge in [0.05, 0.1) is 5.56 Å². The van der Waals surface area contributed by atoms with E-state index < -0.39 is 17.6 Å². The molecule has 0 radical (unpaired) electrons. The van der Waals surface area contributed by atoms with Gasteiger partial charge in [0.25, 0.3) is 0 Å². The average molecular weight is 490 g/mol. The Kier molecular flexibility index (Phi) is 6.04. The summed E-state index contributed by atoms with van der Waals surface area (Å²) in [4.78, 5) is 27.6. The molecule has 0 bridgehead atoms. The van der Waals surface area contributed by atoms with Crippen molar-refractivity contribution in [3.05, 3.63) is 64.5 Å². The van der Waals surface area contributed by atoms with E-state index in [1.807, 2.05) is 4.90 Å². The molecule has 0 unspecified atom stereocenters. The Morgan fingerprint density at radius 1 is 0.912 bits per heavy atom. The van der Waals surface area contributed by atoms with E-state index in [0.29, 0.717) is 67.0 Å². The third kappa shape index (κ3) is 4.40. The summed E-state index contributed by atoms with van der Waals surface area (Å²) in [6.07, 6.45) is -1.30. The number of amides is 1. The van der Waals surface area contributed by atoms with Gasteiger partial charge >= 0.3 is 6.18 Å². The third-order valence-electron chi connectivity index (χ3n) is 6.93. The van der Waals surface area contributed by atoms with Crippen LogP contribution >= 0.6 is 11.8 Å². The molecule has 8 heteroatoms. The number of halogens is 4. The van der Waals surface area contributed by atoms with Crippen LogP contribution < -0.4 is 0 Å². The van der Waals surface area contributed by atoms with Crippen LogP contribution in [-0.4, -0.2) is 29.7 Å². The first-order valence-corrected chi connectivity index (χ1v) is 12.2. The van der Waals surface area contributed by atoms with Gasteiger partial charge in [0.2, 0.25) is 5.91 Å². The number of ketones is 1. The molecule has 0 atom stereocenters. The number of hydrogen-bond donors (Lipinski definition) is 0. The molecular weight excluding hydrogens is 466 g/mol. The summed E-state index contributed by atoms with van der Waals surface area (Å²) >= 11 is 1.27. The zero-order valence-corrected chi connectivity index (χ0v) is 19.2. The predicted octanol–water partition coefficient (Wildman–Crippen LogP) is 6.49. The Hall–Kier alpha value is -2.61. The number of rotatable bonds is 1. The second-order valence-electron chi connectivity index (χ2n) is 9.07. The summed E-state index contributed by atoms with van der Waals surface area (Å²) in [5.41, 5.74) is 2.25. The van der Waals surface area contributed by atoms with Gasteiger partial charge in [-0.15, -0.1) is 0 Å². The van der Waals surface area contributed by atoms with Gasteiger partial charge in [-0.3, -0.25) is 9.59 Å². The molecule has 2 aromatic rings. The van der Waals surface area contributed by atoms with Crippen molar-refractivity contribution in [3.63, 3.8) is 0 Å². The lowest BCUT2D eigenvalue weighted by Crippen LogP contribution is -2.41. The maximum atomic E-state index is 14.0. The van der Waals surface area contributed by atoms with Crippen molar-refractivity contribution in [1.29, 1.82) is 0 Å². The number of carbonyl (C=O) groups is 2. The molecule has 34 heavy (non-hydrogen) atoms. The molecule has 1 amide bonds. The molecule has 3 nitrogen and oxygen atoms in total. The number of alkyl halides is 3. The summed E-state index contributed by atoms with van der Waals surface area (Å²) in [6, 6.07) is 8.11. The highest BCUT2D eigenvalue weighted by Crippen LogP contribution is 2.49. The van der Waals surface area contributed by atoms with Gasteiger partial charge in [0, 0.05) is 41.6 Å². The zero-order chi connectivity index (χ0) is 24.0. The Labute approximate surface area is 199 Å². The normalized spacial score (nSPS) is 19.2. The molecule has 2 aromatic carbocycles. The fraction of sp³-hybridized carbons (Fsp3) is 0.385. The van der Waals surface area contributed by atoms with Crippen molar-refractivity contribution in [2.45, 2.75) is 54.5 Å². The lowest BCUT2D eigenvalue weighted by Gasteiger charge is -2.35. The second-order valence-corrected chi connectivity index (χ2v) is 10.2. The lowest BCUT2D eigenvalue weighted by molar-refractivity contribution is -0.138. The molecule has 2 heterocycles. The number of likely N-dealkylation sites (tertiary alicyclic amines) is 1. The van der Waals surface area contributed by atoms with Crippen LogP contribution in [-0.2, 0) is 15.8 Å². The van der Waals surface area contributed by atoms with Crippen molar-refractivity contribution < 1.29 is 27.2 Å². The Bertz CT molecular complexity index is 1180. The molecule has 0 spiro atoms. The van der Waals surface area contributed by atoms with Gasteiger partial charge in [0.1, 0.15) is 11.6 Å². The van der Waals surface area contributed by atoms with E-state index >= 15 is 0 Å². The first-order valence-electron chi connectivity index (χ1n) is 11.4. The van der Waals surface area contributed by atoms with Crippen LogP contribution in [0.5, 0.6) is 0 Å². The molecule has 0 aromatic heterocycles. The molecule has 1 saturated carbocycles. The second kappa shape index (κ2) is 8.87. The number of benzene rings is 2. The Morgan fingerprint density at radius 3 is 2.29 bits per heavy atom. The van der Waals surface area contributed by atoms with E-state index in [0.717, 1.165) is 22.8 Å². The topological polar surface area (TPSA) is 37.4 Å². The molecular formula is C26H23F4NO2S. The van der Waals surface area contributed by atoms with Crippen LogP contribution in [0.25, 0.3) is 5.57 Å². The van der Waals surface area contributed by atoms with Gasteiger partial charge in [-0.25, -0.2) is 4.39 Å². The minimum absolute atomic E-state index is 0.0676. The van der Waals surface area contributed by atoms with Crippen LogP contribution in [0.15, 0.2) is 51.8 Å². The highest BCUT2D eigenvalue weighted by molar-refractivity contribution is 7.99. The first-order chi connectivity index (χ1) is 16.2. The smallest absolute Gasteiger partial charge is 0.342 e. The number of nitrogens with zero attached hydrogens (tertiary/aromatic N) is 1. The van der Waals surface area contributed by atoms with Crippen molar-refractivity contribution >= 4 is 29.0 Å². The van der Waals surface area contributed by atoms with Crippen molar-refractivity contribution in [2.24, 2.45) is 5.92 Å². The number of fused-ring (bicyclic) bond motifs is 2. The summed E-state index contributed by atoms with van der Waals surface area (Å²) in [6.45, 7) is 0.972. The lowest BCUT2D eigenvalue weighted by atomic mass is 9.85.